The average Bonchev–Trinajstić information content (AvgIpc) is 2.14. The van der Waals surface area contributed by atoms with Gasteiger partial charge in [-0.05, 0) is 18.2 Å². The lowest BCUT2D eigenvalue weighted by Crippen LogP contribution is -2.14. The number of hydrogen-bond donors (Lipinski definition) is 1. The molecule has 1 aromatic carbocycles. The quantitative estimate of drug-likeness (QED) is 0.823. The summed E-state index contributed by atoms with van der Waals surface area (Å²) in [5.41, 5.74) is -0.764. The first-order valence-corrected chi connectivity index (χ1v) is 4.02. The highest BCUT2D eigenvalue weighted by molar-refractivity contribution is 5.87. The third-order valence-corrected chi connectivity index (χ3v) is 1.68. The third-order valence-electron chi connectivity index (χ3n) is 1.68. The number of ether oxygens (including phenoxy) is 1. The second kappa shape index (κ2) is 4.48. The van der Waals surface area contributed by atoms with E-state index in [9.17, 15) is 22.4 Å². The van der Waals surface area contributed by atoms with Crippen molar-refractivity contribution in [1.82, 2.24) is 0 Å². The van der Waals surface area contributed by atoms with E-state index >= 15 is 0 Å². The first kappa shape index (κ1) is 12.4. The molecule has 0 fully saturated rings. The number of hydrogen-bond acceptors (Lipinski definition) is 2. The summed E-state index contributed by atoms with van der Waals surface area (Å²) < 4.78 is 51.4. The molecule has 0 amide bonds. The van der Waals surface area contributed by atoms with Crippen LogP contribution in [0.2, 0.25) is 0 Å². The number of rotatable bonds is 3. The van der Waals surface area contributed by atoms with E-state index in [2.05, 4.69) is 4.74 Å². The summed E-state index contributed by atoms with van der Waals surface area (Å²) in [5, 5.41) is 8.54. The second-order valence-electron chi connectivity index (χ2n) is 2.85. The average molecular weight is 238 g/mol. The lowest BCUT2D eigenvalue weighted by Gasteiger charge is -2.08. The van der Waals surface area contributed by atoms with Crippen molar-refractivity contribution < 1.29 is 32.2 Å². The van der Waals surface area contributed by atoms with Crippen molar-refractivity contribution >= 4 is 5.97 Å². The molecular weight excluding hydrogens is 232 g/mol. The number of alkyl halides is 3. The van der Waals surface area contributed by atoms with E-state index in [1.54, 1.807) is 0 Å². The molecule has 0 bridgehead atoms. The molecule has 0 aliphatic heterocycles. The van der Waals surface area contributed by atoms with Crippen LogP contribution in [-0.4, -0.2) is 17.4 Å². The van der Waals surface area contributed by atoms with Gasteiger partial charge in [-0.25, -0.2) is 9.18 Å². The summed E-state index contributed by atoms with van der Waals surface area (Å²) in [6, 6.07) is 2.52. The molecule has 0 saturated heterocycles. The predicted octanol–water partition coefficient (Wildman–Crippen LogP) is 2.56. The molecular formula is C9H6F4O3. The van der Waals surface area contributed by atoms with Crippen molar-refractivity contribution in [3.63, 3.8) is 0 Å². The number of halogens is 4. The summed E-state index contributed by atoms with van der Waals surface area (Å²) >= 11 is 0. The molecule has 0 unspecified atom stereocenters. The Hall–Kier alpha value is -1.63. The molecule has 88 valence electrons. The number of carboxylic acid groups (broad SMARTS) is 1. The van der Waals surface area contributed by atoms with E-state index in [-0.39, 0.29) is 5.56 Å². The van der Waals surface area contributed by atoms with E-state index in [0.29, 0.717) is 0 Å². The van der Waals surface area contributed by atoms with Gasteiger partial charge in [0.2, 0.25) is 0 Å². The normalized spacial score (nSPS) is 11.5. The molecule has 3 nitrogen and oxygen atoms in total. The first-order valence-electron chi connectivity index (χ1n) is 4.02. The van der Waals surface area contributed by atoms with Crippen molar-refractivity contribution in [3.8, 4) is 0 Å². The van der Waals surface area contributed by atoms with E-state index < -0.39 is 30.3 Å². The maximum Gasteiger partial charge on any atom is 0.522 e. The van der Waals surface area contributed by atoms with Crippen molar-refractivity contribution in [1.29, 1.82) is 0 Å². The molecule has 0 aromatic heterocycles. The summed E-state index contributed by atoms with van der Waals surface area (Å²) in [6.45, 7) is -1.06. The topological polar surface area (TPSA) is 46.5 Å². The lowest BCUT2D eigenvalue weighted by molar-refractivity contribution is -0.330. The minimum Gasteiger partial charge on any atom is -0.478 e. The van der Waals surface area contributed by atoms with Gasteiger partial charge in [0.1, 0.15) is 5.82 Å². The van der Waals surface area contributed by atoms with Crippen LogP contribution >= 0.6 is 0 Å². The number of carbonyl (C=O) groups is 1. The summed E-state index contributed by atoms with van der Waals surface area (Å²) in [7, 11) is 0. The van der Waals surface area contributed by atoms with Gasteiger partial charge < -0.3 is 5.11 Å². The van der Waals surface area contributed by atoms with E-state index in [4.69, 9.17) is 5.11 Å². The van der Waals surface area contributed by atoms with Crippen molar-refractivity contribution in [2.24, 2.45) is 0 Å². The maximum absolute atomic E-state index is 13.0. The fourth-order valence-electron chi connectivity index (χ4n) is 0.978. The summed E-state index contributed by atoms with van der Waals surface area (Å²) in [5.74, 6) is -2.30. The van der Waals surface area contributed by atoms with Gasteiger partial charge in [0.05, 0.1) is 12.2 Å². The third kappa shape index (κ3) is 3.50. The van der Waals surface area contributed by atoms with Gasteiger partial charge in [0.25, 0.3) is 0 Å². The standard InChI is InChI=1S/C9H6F4O3/c10-7-2-1-5(8(14)15)3-6(7)4-16-9(11,12)13/h1-3H,4H2,(H,14,15). The summed E-state index contributed by atoms with van der Waals surface area (Å²) in [4.78, 5) is 10.5. The maximum atomic E-state index is 13.0. The second-order valence-corrected chi connectivity index (χ2v) is 2.85. The highest BCUT2D eigenvalue weighted by atomic mass is 19.4. The van der Waals surface area contributed by atoms with Crippen LogP contribution in [0.4, 0.5) is 17.6 Å². The minimum atomic E-state index is -4.88. The van der Waals surface area contributed by atoms with E-state index in [0.717, 1.165) is 18.2 Å². The van der Waals surface area contributed by atoms with Crippen LogP contribution in [0.5, 0.6) is 0 Å². The van der Waals surface area contributed by atoms with Gasteiger partial charge in [-0.2, -0.15) is 0 Å². The Morgan fingerprint density at radius 3 is 2.50 bits per heavy atom. The van der Waals surface area contributed by atoms with Crippen LogP contribution < -0.4 is 0 Å². The zero-order valence-electron chi connectivity index (χ0n) is 7.71. The minimum absolute atomic E-state index is 0.304. The van der Waals surface area contributed by atoms with Gasteiger partial charge in [-0.1, -0.05) is 0 Å². The van der Waals surface area contributed by atoms with Crippen LogP contribution in [0.15, 0.2) is 18.2 Å². The molecule has 0 aliphatic carbocycles. The van der Waals surface area contributed by atoms with Gasteiger partial charge in [0, 0.05) is 5.56 Å². The van der Waals surface area contributed by atoms with E-state index in [1.165, 1.54) is 0 Å². The number of benzene rings is 1. The number of aromatic carboxylic acids is 1. The van der Waals surface area contributed by atoms with Crippen molar-refractivity contribution in [2.75, 3.05) is 0 Å². The zero-order chi connectivity index (χ0) is 12.3. The fraction of sp³-hybridized carbons (Fsp3) is 0.222. The Morgan fingerprint density at radius 1 is 1.38 bits per heavy atom. The Kier molecular flexibility index (Phi) is 3.48. The van der Waals surface area contributed by atoms with Crippen molar-refractivity contribution in [2.45, 2.75) is 13.0 Å². The molecule has 16 heavy (non-hydrogen) atoms. The molecule has 0 atom stereocenters. The molecule has 1 rings (SSSR count). The number of carboxylic acids is 1. The highest BCUT2D eigenvalue weighted by Gasteiger charge is 2.29. The van der Waals surface area contributed by atoms with E-state index in [1.807, 2.05) is 0 Å². The molecule has 0 aliphatic rings. The van der Waals surface area contributed by atoms with Gasteiger partial charge in [-0.15, -0.1) is 13.2 Å². The highest BCUT2D eigenvalue weighted by Crippen LogP contribution is 2.20. The lowest BCUT2D eigenvalue weighted by atomic mass is 10.1. The largest absolute Gasteiger partial charge is 0.522 e. The molecule has 7 heteroatoms. The molecule has 0 radical (unpaired) electrons. The summed E-state index contributed by atoms with van der Waals surface area (Å²) in [6.07, 6.45) is -4.88. The van der Waals surface area contributed by atoms with Gasteiger partial charge in [0.15, 0.2) is 0 Å². The van der Waals surface area contributed by atoms with Gasteiger partial charge >= 0.3 is 12.3 Å². The molecule has 0 heterocycles. The Morgan fingerprint density at radius 2 is 2.00 bits per heavy atom. The smallest absolute Gasteiger partial charge is 0.478 e. The zero-order valence-corrected chi connectivity index (χ0v) is 7.71. The molecule has 0 spiro atoms. The van der Waals surface area contributed by atoms with Gasteiger partial charge in [-0.3, -0.25) is 4.74 Å². The van der Waals surface area contributed by atoms with Crippen LogP contribution in [0.3, 0.4) is 0 Å². The molecule has 1 N–H and O–H groups in total. The predicted molar refractivity (Wildman–Crippen MR) is 44.2 cm³/mol. The van der Waals surface area contributed by atoms with Crippen molar-refractivity contribution in [3.05, 3.63) is 35.1 Å². The van der Waals surface area contributed by atoms with Crippen LogP contribution in [0.1, 0.15) is 15.9 Å². The Labute approximate surface area is 87.3 Å². The Bertz CT molecular complexity index is 400. The van der Waals surface area contributed by atoms with Crippen LogP contribution in [0.25, 0.3) is 0 Å². The molecule has 0 saturated carbocycles. The first-order chi connectivity index (χ1) is 7.29. The van der Waals surface area contributed by atoms with Crippen LogP contribution in [0, 0.1) is 5.82 Å². The SMILES string of the molecule is O=C(O)c1ccc(F)c(COC(F)(F)F)c1. The fourth-order valence-corrected chi connectivity index (χ4v) is 0.978. The monoisotopic (exact) mass is 238 g/mol. The van der Waals surface area contributed by atoms with Crippen LogP contribution in [-0.2, 0) is 11.3 Å². The molecule has 1 aromatic rings. The Balaban J connectivity index is 2.86.